The van der Waals surface area contributed by atoms with Crippen molar-refractivity contribution in [3.05, 3.63) is 36.2 Å². The Labute approximate surface area is 76.9 Å². The summed E-state index contributed by atoms with van der Waals surface area (Å²) >= 11 is 0. The van der Waals surface area contributed by atoms with Crippen LogP contribution in [-0.4, -0.2) is 7.05 Å². The predicted molar refractivity (Wildman–Crippen MR) is 52.2 cm³/mol. The summed E-state index contributed by atoms with van der Waals surface area (Å²) in [5.74, 6) is 0.823. The lowest BCUT2D eigenvalue weighted by Gasteiger charge is -2.11. The van der Waals surface area contributed by atoms with Gasteiger partial charge in [-0.05, 0) is 12.1 Å². The molecule has 0 aromatic heterocycles. The first kappa shape index (κ1) is 7.69. The summed E-state index contributed by atoms with van der Waals surface area (Å²) in [7, 11) is 1.93. The molecule has 2 rings (SSSR count). The Balaban J connectivity index is 2.45. The summed E-state index contributed by atoms with van der Waals surface area (Å²) < 4.78 is 0. The van der Waals surface area contributed by atoms with Crippen LogP contribution in [0.5, 0.6) is 0 Å². The molecule has 3 heteroatoms. The van der Waals surface area contributed by atoms with E-state index in [-0.39, 0.29) is 0 Å². The molecule has 1 aromatic rings. The number of nitriles is 1. The number of hydrogen-bond donors (Lipinski definition) is 1. The summed E-state index contributed by atoms with van der Waals surface area (Å²) in [6.45, 7) is 0. The van der Waals surface area contributed by atoms with Crippen LogP contribution >= 0.6 is 0 Å². The van der Waals surface area contributed by atoms with Crippen molar-refractivity contribution in [3.63, 3.8) is 0 Å². The molecule has 1 N–H and O–H groups in total. The number of fused-ring (bicyclic) bond motifs is 1. The maximum atomic E-state index is 8.53. The number of para-hydroxylation sites is 2. The van der Waals surface area contributed by atoms with Crippen molar-refractivity contribution in [1.82, 2.24) is 0 Å². The minimum Gasteiger partial charge on any atom is -0.339 e. The second-order valence-corrected chi connectivity index (χ2v) is 2.86. The minimum atomic E-state index is 0.823. The lowest BCUT2D eigenvalue weighted by molar-refractivity contribution is 1.16. The first-order valence-electron chi connectivity index (χ1n) is 4.02. The van der Waals surface area contributed by atoms with Crippen LogP contribution in [0.2, 0.25) is 0 Å². The van der Waals surface area contributed by atoms with Crippen LogP contribution in [0.25, 0.3) is 0 Å². The monoisotopic (exact) mass is 171 g/mol. The largest absolute Gasteiger partial charge is 0.339 e. The van der Waals surface area contributed by atoms with Crippen LogP contribution in [0.1, 0.15) is 0 Å². The van der Waals surface area contributed by atoms with Gasteiger partial charge >= 0.3 is 0 Å². The molecule has 0 atom stereocenters. The topological polar surface area (TPSA) is 39.1 Å². The summed E-state index contributed by atoms with van der Waals surface area (Å²) in [5.41, 5.74) is 2.15. The van der Waals surface area contributed by atoms with Gasteiger partial charge in [0.15, 0.2) is 0 Å². The molecule has 0 saturated carbocycles. The predicted octanol–water partition coefficient (Wildman–Crippen LogP) is 1.91. The lowest BCUT2D eigenvalue weighted by Crippen LogP contribution is -2.13. The van der Waals surface area contributed by atoms with E-state index in [0.717, 1.165) is 17.2 Å². The highest BCUT2D eigenvalue weighted by molar-refractivity contribution is 5.80. The van der Waals surface area contributed by atoms with Crippen LogP contribution in [-0.2, 0) is 0 Å². The molecule has 1 aliphatic heterocycles. The molecule has 0 bridgehead atoms. The summed E-state index contributed by atoms with van der Waals surface area (Å²) in [5, 5.41) is 11.7. The number of nitrogens with one attached hydrogen (secondary N) is 1. The standard InChI is InChI=1S/C10H9N3/c1-13-9-5-3-2-4-8(9)12-10(13)6-7-11/h2-6,12H,1H3/b10-6-. The van der Waals surface area contributed by atoms with E-state index in [9.17, 15) is 0 Å². The molecule has 0 radical (unpaired) electrons. The zero-order valence-corrected chi connectivity index (χ0v) is 7.28. The van der Waals surface area contributed by atoms with Crippen molar-refractivity contribution in [3.8, 4) is 6.07 Å². The number of hydrogen-bond acceptors (Lipinski definition) is 3. The Morgan fingerprint density at radius 2 is 2.23 bits per heavy atom. The van der Waals surface area contributed by atoms with Gasteiger partial charge in [-0.1, -0.05) is 12.1 Å². The van der Waals surface area contributed by atoms with Gasteiger partial charge in [0.05, 0.1) is 23.5 Å². The molecule has 0 unspecified atom stereocenters. The van der Waals surface area contributed by atoms with Crippen molar-refractivity contribution >= 4 is 11.4 Å². The Bertz CT molecular complexity index is 401. The van der Waals surface area contributed by atoms with Gasteiger partial charge in [-0.25, -0.2) is 0 Å². The molecule has 0 aliphatic carbocycles. The molecular weight excluding hydrogens is 162 g/mol. The molecule has 64 valence electrons. The Hall–Kier alpha value is -1.95. The second-order valence-electron chi connectivity index (χ2n) is 2.86. The van der Waals surface area contributed by atoms with Crippen LogP contribution in [0, 0.1) is 11.3 Å². The smallest absolute Gasteiger partial charge is 0.121 e. The van der Waals surface area contributed by atoms with Gasteiger partial charge in [0.2, 0.25) is 0 Å². The molecule has 0 fully saturated rings. The van der Waals surface area contributed by atoms with Crippen LogP contribution in [0.3, 0.4) is 0 Å². The van der Waals surface area contributed by atoms with Crippen molar-refractivity contribution < 1.29 is 0 Å². The van der Waals surface area contributed by atoms with Gasteiger partial charge in [-0.15, -0.1) is 0 Å². The number of rotatable bonds is 0. The van der Waals surface area contributed by atoms with Crippen molar-refractivity contribution in [1.29, 1.82) is 5.26 Å². The normalized spacial score (nSPS) is 16.6. The fourth-order valence-corrected chi connectivity index (χ4v) is 1.42. The molecular formula is C10H9N3. The average Bonchev–Trinajstić information content (AvgIpc) is 2.46. The fraction of sp³-hybridized carbons (Fsp3) is 0.100. The SMILES string of the molecule is CN1/C(=C\C#N)Nc2ccccc21. The highest BCUT2D eigenvalue weighted by Gasteiger charge is 2.18. The summed E-state index contributed by atoms with van der Waals surface area (Å²) in [6.07, 6.45) is 1.50. The maximum absolute atomic E-state index is 8.53. The van der Waals surface area contributed by atoms with E-state index in [0.29, 0.717) is 0 Å². The van der Waals surface area contributed by atoms with E-state index < -0.39 is 0 Å². The lowest BCUT2D eigenvalue weighted by atomic mass is 10.3. The number of allylic oxidation sites excluding steroid dienone is 1. The highest BCUT2D eigenvalue weighted by Crippen LogP contribution is 2.34. The molecule has 1 heterocycles. The van der Waals surface area contributed by atoms with Crippen molar-refractivity contribution in [2.45, 2.75) is 0 Å². The summed E-state index contributed by atoms with van der Waals surface area (Å²) in [4.78, 5) is 1.96. The zero-order chi connectivity index (χ0) is 9.26. The Kier molecular flexibility index (Phi) is 1.67. The molecule has 3 nitrogen and oxygen atoms in total. The van der Waals surface area contributed by atoms with Crippen LogP contribution in [0.15, 0.2) is 36.2 Å². The van der Waals surface area contributed by atoms with E-state index >= 15 is 0 Å². The Morgan fingerprint density at radius 1 is 1.46 bits per heavy atom. The van der Waals surface area contributed by atoms with Gasteiger partial charge in [-0.2, -0.15) is 5.26 Å². The van der Waals surface area contributed by atoms with E-state index in [2.05, 4.69) is 5.32 Å². The van der Waals surface area contributed by atoms with Gasteiger partial charge in [-0.3, -0.25) is 0 Å². The maximum Gasteiger partial charge on any atom is 0.121 e. The molecule has 0 spiro atoms. The van der Waals surface area contributed by atoms with E-state index in [4.69, 9.17) is 5.26 Å². The average molecular weight is 171 g/mol. The quantitative estimate of drug-likeness (QED) is 0.606. The first-order valence-corrected chi connectivity index (χ1v) is 4.02. The first-order chi connectivity index (χ1) is 6.33. The molecule has 0 amide bonds. The van der Waals surface area contributed by atoms with Crippen LogP contribution < -0.4 is 10.2 Å². The van der Waals surface area contributed by atoms with E-state index in [1.165, 1.54) is 6.08 Å². The second kappa shape index (κ2) is 2.83. The molecule has 0 saturated heterocycles. The summed E-state index contributed by atoms with van der Waals surface area (Å²) in [6, 6.07) is 9.96. The zero-order valence-electron chi connectivity index (χ0n) is 7.28. The van der Waals surface area contributed by atoms with Crippen molar-refractivity contribution in [2.24, 2.45) is 0 Å². The van der Waals surface area contributed by atoms with E-state index in [1.54, 1.807) is 0 Å². The number of anilines is 2. The van der Waals surface area contributed by atoms with E-state index in [1.807, 2.05) is 42.3 Å². The van der Waals surface area contributed by atoms with Gasteiger partial charge in [0.1, 0.15) is 5.82 Å². The third-order valence-corrected chi connectivity index (χ3v) is 2.09. The van der Waals surface area contributed by atoms with Gasteiger partial charge < -0.3 is 10.2 Å². The number of benzene rings is 1. The third kappa shape index (κ3) is 1.13. The highest BCUT2D eigenvalue weighted by atomic mass is 15.3. The molecule has 1 aliphatic rings. The third-order valence-electron chi connectivity index (χ3n) is 2.09. The van der Waals surface area contributed by atoms with Crippen molar-refractivity contribution in [2.75, 3.05) is 17.3 Å². The van der Waals surface area contributed by atoms with Crippen LogP contribution in [0.4, 0.5) is 11.4 Å². The fourth-order valence-electron chi connectivity index (χ4n) is 1.42. The van der Waals surface area contributed by atoms with Gasteiger partial charge in [0.25, 0.3) is 0 Å². The number of nitrogens with zero attached hydrogens (tertiary/aromatic N) is 2. The Morgan fingerprint density at radius 3 is 2.92 bits per heavy atom. The molecule has 1 aromatic carbocycles. The molecule has 13 heavy (non-hydrogen) atoms. The van der Waals surface area contributed by atoms with Gasteiger partial charge in [0, 0.05) is 7.05 Å². The minimum absolute atomic E-state index is 0.823.